The molecule has 1 rings (SSSR count). The number of halogens is 1. The second kappa shape index (κ2) is 6.86. The van der Waals surface area contributed by atoms with Crippen molar-refractivity contribution >= 4 is 29.2 Å². The summed E-state index contributed by atoms with van der Waals surface area (Å²) >= 11 is 5.90. The number of benzene rings is 1. The van der Waals surface area contributed by atoms with Gasteiger partial charge in [0.1, 0.15) is 5.75 Å². The first-order valence-electron chi connectivity index (χ1n) is 5.36. The minimum absolute atomic E-state index is 0.123. The number of nitrogens with one attached hydrogen (secondary N) is 1. The van der Waals surface area contributed by atoms with Crippen LogP contribution in [0.4, 0.5) is 5.69 Å². The fourth-order valence-corrected chi connectivity index (χ4v) is 1.62. The lowest BCUT2D eigenvalue weighted by molar-refractivity contribution is -0.305. The molecule has 0 atom stereocenters. The Bertz CT molecular complexity index is 448. The number of hydrogen-bond donors (Lipinski definition) is 1. The summed E-state index contributed by atoms with van der Waals surface area (Å²) in [6, 6.07) is 4.86. The molecule has 0 radical (unpaired) electrons. The lowest BCUT2D eigenvalue weighted by Gasteiger charge is -2.08. The molecule has 5 nitrogen and oxygen atoms in total. The van der Waals surface area contributed by atoms with E-state index in [1.165, 1.54) is 7.11 Å². The number of aliphatic carboxylic acids is 1. The lowest BCUT2D eigenvalue weighted by atomic mass is 10.2. The first kappa shape index (κ1) is 14.3. The molecule has 0 aromatic heterocycles. The van der Waals surface area contributed by atoms with Gasteiger partial charge in [0.15, 0.2) is 0 Å². The lowest BCUT2D eigenvalue weighted by Crippen LogP contribution is -2.22. The smallest absolute Gasteiger partial charge is 0.224 e. The zero-order valence-corrected chi connectivity index (χ0v) is 10.6. The van der Waals surface area contributed by atoms with Crippen LogP contribution in [0.3, 0.4) is 0 Å². The van der Waals surface area contributed by atoms with Crippen molar-refractivity contribution in [2.45, 2.75) is 19.3 Å². The normalized spacial score (nSPS) is 9.89. The Labute approximate surface area is 110 Å². The molecule has 18 heavy (non-hydrogen) atoms. The van der Waals surface area contributed by atoms with Crippen molar-refractivity contribution in [1.82, 2.24) is 0 Å². The van der Waals surface area contributed by atoms with Gasteiger partial charge in [-0.05, 0) is 31.0 Å². The number of carboxylic acid groups (broad SMARTS) is 1. The highest BCUT2D eigenvalue weighted by Gasteiger charge is 2.05. The number of carbonyl (C=O) groups excluding carboxylic acids is 2. The van der Waals surface area contributed by atoms with Crippen LogP contribution in [0.1, 0.15) is 19.3 Å². The van der Waals surface area contributed by atoms with Crippen LogP contribution in [0.15, 0.2) is 18.2 Å². The average Bonchev–Trinajstić information content (AvgIpc) is 2.28. The number of hydrogen-bond acceptors (Lipinski definition) is 4. The number of amides is 1. The topological polar surface area (TPSA) is 78.5 Å². The predicted molar refractivity (Wildman–Crippen MR) is 65.5 cm³/mol. The van der Waals surface area contributed by atoms with Crippen LogP contribution in [-0.2, 0) is 9.59 Å². The van der Waals surface area contributed by atoms with E-state index < -0.39 is 5.97 Å². The molecule has 1 amide bonds. The summed E-state index contributed by atoms with van der Waals surface area (Å²) in [5.41, 5.74) is 0.541. The number of anilines is 1. The minimum atomic E-state index is -1.16. The summed E-state index contributed by atoms with van der Waals surface area (Å²) < 4.78 is 4.98. The molecule has 0 fully saturated rings. The van der Waals surface area contributed by atoms with E-state index in [4.69, 9.17) is 16.3 Å². The van der Waals surface area contributed by atoms with Crippen molar-refractivity contribution in [3.63, 3.8) is 0 Å². The summed E-state index contributed by atoms with van der Waals surface area (Å²) in [6.45, 7) is 0. The van der Waals surface area contributed by atoms with Gasteiger partial charge in [-0.2, -0.15) is 0 Å². The second-order valence-electron chi connectivity index (χ2n) is 3.62. The Hall–Kier alpha value is -1.75. The van der Waals surface area contributed by atoms with Crippen molar-refractivity contribution in [3.8, 4) is 5.75 Å². The molecule has 0 spiro atoms. The summed E-state index contributed by atoms with van der Waals surface area (Å²) in [5, 5.41) is 13.2. The molecule has 0 unspecified atom stereocenters. The molecule has 1 aromatic rings. The molecular formula is C12H13ClNO4-. The van der Waals surface area contributed by atoms with Crippen LogP contribution in [0.25, 0.3) is 0 Å². The van der Waals surface area contributed by atoms with Crippen molar-refractivity contribution in [1.29, 1.82) is 0 Å². The van der Waals surface area contributed by atoms with E-state index >= 15 is 0 Å². The van der Waals surface area contributed by atoms with Gasteiger partial charge in [-0.3, -0.25) is 4.79 Å². The van der Waals surface area contributed by atoms with Crippen LogP contribution < -0.4 is 15.2 Å². The molecular weight excluding hydrogens is 258 g/mol. The van der Waals surface area contributed by atoms with E-state index in [0.29, 0.717) is 16.5 Å². The maximum atomic E-state index is 11.5. The monoisotopic (exact) mass is 270 g/mol. The molecule has 0 aliphatic carbocycles. The SMILES string of the molecule is COc1ccc(NC(=O)CCCC(=O)[O-])cc1Cl. The van der Waals surface area contributed by atoms with Gasteiger partial charge in [-0.25, -0.2) is 0 Å². The third-order valence-corrected chi connectivity index (χ3v) is 2.52. The van der Waals surface area contributed by atoms with Crippen LogP contribution >= 0.6 is 11.6 Å². The molecule has 0 aliphatic rings. The average molecular weight is 271 g/mol. The van der Waals surface area contributed by atoms with Gasteiger partial charge in [0.05, 0.1) is 12.1 Å². The van der Waals surface area contributed by atoms with Gasteiger partial charge in [0, 0.05) is 18.1 Å². The van der Waals surface area contributed by atoms with Crippen LogP contribution in [0.5, 0.6) is 5.75 Å². The molecule has 0 heterocycles. The molecule has 1 N–H and O–H groups in total. The molecule has 0 bridgehead atoms. The highest BCUT2D eigenvalue weighted by Crippen LogP contribution is 2.27. The molecule has 0 saturated carbocycles. The quantitative estimate of drug-likeness (QED) is 0.843. The maximum absolute atomic E-state index is 11.5. The van der Waals surface area contributed by atoms with E-state index in [2.05, 4.69) is 5.32 Å². The van der Waals surface area contributed by atoms with Crippen LogP contribution in [-0.4, -0.2) is 19.0 Å². The number of carbonyl (C=O) groups is 2. The summed E-state index contributed by atoms with van der Waals surface area (Å²) in [4.78, 5) is 21.6. The van der Waals surface area contributed by atoms with Gasteiger partial charge < -0.3 is 20.0 Å². The predicted octanol–water partition coefficient (Wildman–Crippen LogP) is 1.21. The number of methoxy groups -OCH3 is 1. The van der Waals surface area contributed by atoms with E-state index in [0.717, 1.165) is 0 Å². The van der Waals surface area contributed by atoms with Gasteiger partial charge in [0.2, 0.25) is 5.91 Å². The third kappa shape index (κ3) is 4.63. The molecule has 98 valence electrons. The Morgan fingerprint density at radius 2 is 2.11 bits per heavy atom. The summed E-state index contributed by atoms with van der Waals surface area (Å²) in [6.07, 6.45) is 0.243. The van der Waals surface area contributed by atoms with Crippen LogP contribution in [0, 0.1) is 0 Å². The van der Waals surface area contributed by atoms with Crippen LogP contribution in [0.2, 0.25) is 5.02 Å². The zero-order chi connectivity index (χ0) is 13.5. The van der Waals surface area contributed by atoms with Gasteiger partial charge in [-0.15, -0.1) is 0 Å². The molecule has 6 heteroatoms. The Morgan fingerprint density at radius 1 is 1.39 bits per heavy atom. The fraction of sp³-hybridized carbons (Fsp3) is 0.333. The zero-order valence-electron chi connectivity index (χ0n) is 9.86. The number of ether oxygens (including phenoxy) is 1. The van der Waals surface area contributed by atoms with E-state index in [1.807, 2.05) is 0 Å². The van der Waals surface area contributed by atoms with Gasteiger partial charge in [-0.1, -0.05) is 11.6 Å². The summed E-state index contributed by atoms with van der Waals surface area (Å²) in [5.74, 6) is -0.903. The molecule has 0 saturated heterocycles. The molecule has 1 aromatic carbocycles. The third-order valence-electron chi connectivity index (χ3n) is 2.22. The van der Waals surface area contributed by atoms with Gasteiger partial charge >= 0.3 is 0 Å². The largest absolute Gasteiger partial charge is 0.550 e. The Balaban J connectivity index is 2.49. The van der Waals surface area contributed by atoms with Crippen molar-refractivity contribution in [2.24, 2.45) is 0 Å². The first-order chi connectivity index (χ1) is 8.52. The Morgan fingerprint density at radius 3 is 2.67 bits per heavy atom. The summed E-state index contributed by atoms with van der Waals surface area (Å²) in [7, 11) is 1.50. The first-order valence-corrected chi connectivity index (χ1v) is 5.74. The second-order valence-corrected chi connectivity index (χ2v) is 4.03. The van der Waals surface area contributed by atoms with E-state index in [9.17, 15) is 14.7 Å². The standard InChI is InChI=1S/C12H14ClNO4/c1-18-10-6-5-8(7-9(10)13)14-11(15)3-2-4-12(16)17/h5-7H,2-4H2,1H3,(H,14,15)(H,16,17)/p-1. The van der Waals surface area contributed by atoms with Crippen molar-refractivity contribution in [3.05, 3.63) is 23.2 Å². The minimum Gasteiger partial charge on any atom is -0.550 e. The van der Waals surface area contributed by atoms with E-state index in [-0.39, 0.29) is 25.2 Å². The van der Waals surface area contributed by atoms with Gasteiger partial charge in [0.25, 0.3) is 0 Å². The Kier molecular flexibility index (Phi) is 5.45. The fourth-order valence-electron chi connectivity index (χ4n) is 1.36. The highest BCUT2D eigenvalue weighted by atomic mass is 35.5. The molecule has 0 aliphatic heterocycles. The van der Waals surface area contributed by atoms with Crippen molar-refractivity contribution < 1.29 is 19.4 Å². The maximum Gasteiger partial charge on any atom is 0.224 e. The number of rotatable bonds is 6. The van der Waals surface area contributed by atoms with E-state index in [1.54, 1.807) is 18.2 Å². The number of carboxylic acids is 1. The van der Waals surface area contributed by atoms with Crippen molar-refractivity contribution in [2.75, 3.05) is 12.4 Å². The highest BCUT2D eigenvalue weighted by molar-refractivity contribution is 6.32.